The van der Waals surface area contributed by atoms with E-state index >= 15 is 0 Å². The Bertz CT molecular complexity index is 280. The molecule has 0 spiro atoms. The van der Waals surface area contributed by atoms with E-state index in [4.69, 9.17) is 4.74 Å². The lowest BCUT2D eigenvalue weighted by molar-refractivity contribution is -0.350. The molecule has 0 aliphatic heterocycles. The van der Waals surface area contributed by atoms with Gasteiger partial charge in [-0.05, 0) is 12.3 Å². The largest absolute Gasteiger partial charge is 0.340 e. The molecule has 1 aromatic rings. The quantitative estimate of drug-likeness (QED) is 0.729. The highest BCUT2D eigenvalue weighted by molar-refractivity contribution is 5.17. The van der Waals surface area contributed by atoms with Crippen LogP contribution in [0, 0.1) is 5.92 Å². The molecule has 0 bridgehead atoms. The van der Waals surface area contributed by atoms with E-state index in [1.807, 2.05) is 6.07 Å². The van der Waals surface area contributed by atoms with Crippen molar-refractivity contribution in [2.24, 2.45) is 5.92 Å². The van der Waals surface area contributed by atoms with Gasteiger partial charge in [-0.3, -0.25) is 0 Å². The topological polar surface area (TPSA) is 49.7 Å². The average Bonchev–Trinajstić information content (AvgIpc) is 2.18. The van der Waals surface area contributed by atoms with Crippen LogP contribution in [-0.2, 0) is 10.7 Å². The van der Waals surface area contributed by atoms with Crippen LogP contribution in [0.25, 0.3) is 0 Å². The summed E-state index contributed by atoms with van der Waals surface area (Å²) >= 11 is 0. The second kappa shape index (κ2) is 5.26. The van der Waals surface area contributed by atoms with Crippen LogP contribution in [0.2, 0.25) is 0 Å². The van der Waals surface area contributed by atoms with Crippen molar-refractivity contribution in [2.45, 2.75) is 26.2 Å². The second-order valence-electron chi connectivity index (χ2n) is 4.01. The molecule has 0 unspecified atom stereocenters. The molecule has 0 amide bonds. The molecule has 0 aliphatic carbocycles. The van der Waals surface area contributed by atoms with Crippen molar-refractivity contribution in [3.8, 4) is 0 Å². The molecule has 0 saturated carbocycles. The molecule has 0 radical (unpaired) electrons. The Hall–Kier alpha value is -0.900. The highest BCUT2D eigenvalue weighted by atomic mass is 16.8. The van der Waals surface area contributed by atoms with Crippen molar-refractivity contribution in [3.63, 3.8) is 0 Å². The van der Waals surface area contributed by atoms with Gasteiger partial charge in [0.25, 0.3) is 0 Å². The minimum Gasteiger partial charge on any atom is -0.340 e. The molecule has 0 saturated heterocycles. The Labute approximate surface area is 90.3 Å². The second-order valence-corrected chi connectivity index (χ2v) is 4.01. The maximum absolute atomic E-state index is 9.63. The summed E-state index contributed by atoms with van der Waals surface area (Å²) in [4.78, 5) is 0. The number of benzene rings is 1. The molecule has 3 heteroatoms. The lowest BCUT2D eigenvalue weighted by atomic mass is 10.1. The maximum atomic E-state index is 9.63. The van der Waals surface area contributed by atoms with E-state index in [0.717, 1.165) is 6.42 Å². The van der Waals surface area contributed by atoms with Gasteiger partial charge in [-0.15, -0.1) is 0 Å². The molecule has 1 aromatic carbocycles. The highest BCUT2D eigenvalue weighted by Gasteiger charge is 2.26. The molecule has 0 fully saturated rings. The summed E-state index contributed by atoms with van der Waals surface area (Å²) in [6.07, 6.45) is 0.801. The summed E-state index contributed by atoms with van der Waals surface area (Å²) in [7, 11) is 0. The fraction of sp³-hybridized carbons (Fsp3) is 0.500. The van der Waals surface area contributed by atoms with E-state index in [0.29, 0.717) is 18.1 Å². The summed E-state index contributed by atoms with van der Waals surface area (Å²) in [5, 5.41) is 19.3. The van der Waals surface area contributed by atoms with Crippen molar-refractivity contribution in [1.29, 1.82) is 0 Å². The third kappa shape index (κ3) is 4.00. The van der Waals surface area contributed by atoms with E-state index in [9.17, 15) is 10.2 Å². The van der Waals surface area contributed by atoms with Crippen molar-refractivity contribution in [2.75, 3.05) is 6.61 Å². The van der Waals surface area contributed by atoms with Crippen LogP contribution < -0.4 is 0 Å². The molecular weight excluding hydrogens is 192 g/mol. The number of aliphatic hydroxyl groups is 2. The number of hydrogen-bond acceptors (Lipinski definition) is 3. The molecule has 0 aliphatic rings. The molecule has 0 aromatic heterocycles. The zero-order valence-corrected chi connectivity index (χ0v) is 9.18. The van der Waals surface area contributed by atoms with Crippen LogP contribution in [0.5, 0.6) is 0 Å². The summed E-state index contributed by atoms with van der Waals surface area (Å²) in [5.74, 6) is -1.69. The molecule has 84 valence electrons. The van der Waals surface area contributed by atoms with Gasteiger partial charge in [0.1, 0.15) is 0 Å². The van der Waals surface area contributed by atoms with E-state index in [1.165, 1.54) is 0 Å². The fourth-order valence-electron chi connectivity index (χ4n) is 1.18. The van der Waals surface area contributed by atoms with Gasteiger partial charge in [0, 0.05) is 5.56 Å². The SMILES string of the molecule is CC(C)CCOC(O)(O)c1ccccc1. The van der Waals surface area contributed by atoms with Crippen LogP contribution >= 0.6 is 0 Å². The molecule has 0 heterocycles. The van der Waals surface area contributed by atoms with Gasteiger partial charge >= 0.3 is 5.97 Å². The zero-order chi connectivity index (χ0) is 11.3. The third-order valence-corrected chi connectivity index (χ3v) is 2.15. The molecule has 1 rings (SSSR count). The van der Waals surface area contributed by atoms with E-state index in [-0.39, 0.29) is 0 Å². The maximum Gasteiger partial charge on any atom is 0.306 e. The first kappa shape index (κ1) is 12.2. The standard InChI is InChI=1S/C12H18O3/c1-10(2)8-9-15-12(13,14)11-6-4-3-5-7-11/h3-7,10,13-14H,8-9H2,1-2H3. The predicted octanol–water partition coefficient (Wildman–Crippen LogP) is 1.84. The molecule has 15 heavy (non-hydrogen) atoms. The Kier molecular flexibility index (Phi) is 4.27. The normalized spacial score (nSPS) is 12.1. The summed E-state index contributed by atoms with van der Waals surface area (Å²) < 4.78 is 5.04. The Morgan fingerprint density at radius 1 is 1.20 bits per heavy atom. The van der Waals surface area contributed by atoms with Gasteiger partial charge < -0.3 is 14.9 Å². The summed E-state index contributed by atoms with van der Waals surface area (Å²) in [6.45, 7) is 4.45. The Morgan fingerprint density at radius 2 is 1.80 bits per heavy atom. The first-order valence-electron chi connectivity index (χ1n) is 5.16. The van der Waals surface area contributed by atoms with Gasteiger partial charge in [-0.1, -0.05) is 44.2 Å². The van der Waals surface area contributed by atoms with Gasteiger partial charge in [0.15, 0.2) is 0 Å². The monoisotopic (exact) mass is 210 g/mol. The molecule has 3 nitrogen and oxygen atoms in total. The molecular formula is C12H18O3. The number of rotatable bonds is 5. The van der Waals surface area contributed by atoms with Crippen molar-refractivity contribution in [3.05, 3.63) is 35.9 Å². The average molecular weight is 210 g/mol. The van der Waals surface area contributed by atoms with E-state index < -0.39 is 5.97 Å². The summed E-state index contributed by atoms with van der Waals surface area (Å²) in [5.41, 5.74) is 0.355. The van der Waals surface area contributed by atoms with Gasteiger partial charge in [-0.2, -0.15) is 0 Å². The van der Waals surface area contributed by atoms with Crippen molar-refractivity contribution in [1.82, 2.24) is 0 Å². The Balaban J connectivity index is 2.52. The Morgan fingerprint density at radius 3 is 2.33 bits per heavy atom. The minimum atomic E-state index is -2.17. The first-order valence-corrected chi connectivity index (χ1v) is 5.16. The van der Waals surface area contributed by atoms with Crippen LogP contribution in [0.1, 0.15) is 25.8 Å². The third-order valence-electron chi connectivity index (χ3n) is 2.15. The lowest BCUT2D eigenvalue weighted by Crippen LogP contribution is -2.29. The van der Waals surface area contributed by atoms with Crippen molar-refractivity contribution >= 4 is 0 Å². The smallest absolute Gasteiger partial charge is 0.306 e. The summed E-state index contributed by atoms with van der Waals surface area (Å²) in [6, 6.07) is 8.53. The lowest BCUT2D eigenvalue weighted by Gasteiger charge is -2.22. The van der Waals surface area contributed by atoms with Crippen LogP contribution in [0.3, 0.4) is 0 Å². The number of hydrogen-bond donors (Lipinski definition) is 2. The zero-order valence-electron chi connectivity index (χ0n) is 9.18. The van der Waals surface area contributed by atoms with Gasteiger partial charge in [-0.25, -0.2) is 0 Å². The van der Waals surface area contributed by atoms with Gasteiger partial charge in [0.2, 0.25) is 0 Å². The van der Waals surface area contributed by atoms with Crippen molar-refractivity contribution < 1.29 is 14.9 Å². The first-order chi connectivity index (χ1) is 7.02. The minimum absolute atomic E-state index is 0.333. The highest BCUT2D eigenvalue weighted by Crippen LogP contribution is 2.19. The predicted molar refractivity (Wildman–Crippen MR) is 58.0 cm³/mol. The fourth-order valence-corrected chi connectivity index (χ4v) is 1.18. The van der Waals surface area contributed by atoms with Crippen LogP contribution in [0.15, 0.2) is 30.3 Å². The van der Waals surface area contributed by atoms with E-state index in [2.05, 4.69) is 13.8 Å². The molecule has 0 atom stereocenters. The van der Waals surface area contributed by atoms with Crippen LogP contribution in [0.4, 0.5) is 0 Å². The van der Waals surface area contributed by atoms with Crippen LogP contribution in [-0.4, -0.2) is 16.8 Å². The number of ether oxygens (including phenoxy) is 1. The molecule has 2 N–H and O–H groups in total. The van der Waals surface area contributed by atoms with Gasteiger partial charge in [0.05, 0.1) is 6.61 Å². The van der Waals surface area contributed by atoms with E-state index in [1.54, 1.807) is 24.3 Å².